The summed E-state index contributed by atoms with van der Waals surface area (Å²) in [6.07, 6.45) is 8.55. The van der Waals surface area contributed by atoms with E-state index in [4.69, 9.17) is 5.73 Å². The number of carbonyl (C=O) groups excluding carboxylic acids is 1. The van der Waals surface area contributed by atoms with Gasteiger partial charge in [0.1, 0.15) is 11.6 Å². The molecule has 2 aliphatic rings. The number of nitrogens with one attached hydrogen (secondary N) is 2. The molecular weight excluding hydrogens is 290 g/mol. The maximum atomic E-state index is 12.1. The van der Waals surface area contributed by atoms with Gasteiger partial charge in [-0.25, -0.2) is 4.98 Å². The third-order valence-electron chi connectivity index (χ3n) is 5.06. The van der Waals surface area contributed by atoms with E-state index in [1.54, 1.807) is 6.07 Å². The molecule has 23 heavy (non-hydrogen) atoms. The average molecular weight is 311 g/mol. The van der Waals surface area contributed by atoms with Gasteiger partial charge in [0.05, 0.1) is 6.20 Å². The minimum Gasteiger partial charge on any atom is -0.384 e. The van der Waals surface area contributed by atoms with Crippen LogP contribution in [0.5, 0.6) is 0 Å². The smallest absolute Gasteiger partial charge is 0.226 e. The molecule has 4 N–H and O–H groups in total. The van der Waals surface area contributed by atoms with Crippen LogP contribution in [0.3, 0.4) is 0 Å². The number of amides is 1. The number of nitrogen functional groups attached to an aromatic ring is 1. The molecule has 3 heterocycles. The largest absolute Gasteiger partial charge is 0.384 e. The third kappa shape index (κ3) is 2.58. The SMILES string of the molecule is Nc1ccc2c(n1)NC(=O)CC2c1cn[nH]c1C1CCCCC1. The van der Waals surface area contributed by atoms with E-state index in [0.29, 0.717) is 24.0 Å². The third-order valence-corrected chi connectivity index (χ3v) is 5.06. The molecule has 2 aromatic heterocycles. The van der Waals surface area contributed by atoms with E-state index < -0.39 is 0 Å². The fourth-order valence-electron chi connectivity index (χ4n) is 3.92. The van der Waals surface area contributed by atoms with Crippen molar-refractivity contribution >= 4 is 17.5 Å². The molecule has 1 saturated carbocycles. The molecule has 6 nitrogen and oxygen atoms in total. The number of aromatic amines is 1. The summed E-state index contributed by atoms with van der Waals surface area (Å²) in [5, 5.41) is 10.3. The Kier molecular flexibility index (Phi) is 3.52. The second-order valence-corrected chi connectivity index (χ2v) is 6.55. The lowest BCUT2D eigenvalue weighted by atomic mass is 9.80. The molecule has 1 aliphatic carbocycles. The van der Waals surface area contributed by atoms with Crippen LogP contribution in [0.15, 0.2) is 18.3 Å². The zero-order valence-corrected chi connectivity index (χ0v) is 13.0. The van der Waals surface area contributed by atoms with Gasteiger partial charge in [0.2, 0.25) is 5.91 Å². The topological polar surface area (TPSA) is 96.7 Å². The molecule has 120 valence electrons. The number of nitrogens with zero attached hydrogens (tertiary/aromatic N) is 2. The van der Waals surface area contributed by atoms with Crippen LogP contribution in [0.2, 0.25) is 0 Å². The summed E-state index contributed by atoms with van der Waals surface area (Å²) in [6.45, 7) is 0. The number of H-pyrrole nitrogens is 1. The van der Waals surface area contributed by atoms with Gasteiger partial charge in [-0.15, -0.1) is 0 Å². The van der Waals surface area contributed by atoms with E-state index >= 15 is 0 Å². The van der Waals surface area contributed by atoms with Crippen LogP contribution >= 0.6 is 0 Å². The van der Waals surface area contributed by atoms with Crippen molar-refractivity contribution < 1.29 is 4.79 Å². The minimum atomic E-state index is -0.0172. The van der Waals surface area contributed by atoms with Crippen molar-refractivity contribution in [3.63, 3.8) is 0 Å². The first-order chi connectivity index (χ1) is 11.2. The second kappa shape index (κ2) is 5.68. The lowest BCUT2D eigenvalue weighted by Gasteiger charge is -2.27. The van der Waals surface area contributed by atoms with Crippen molar-refractivity contribution in [3.8, 4) is 0 Å². The summed E-state index contributed by atoms with van der Waals surface area (Å²) in [7, 11) is 0. The first-order valence-corrected chi connectivity index (χ1v) is 8.32. The monoisotopic (exact) mass is 311 g/mol. The number of aromatic nitrogens is 3. The number of nitrogens with two attached hydrogens (primary N) is 1. The molecule has 1 unspecified atom stereocenters. The fraction of sp³-hybridized carbons (Fsp3) is 0.471. The summed E-state index contributed by atoms with van der Waals surface area (Å²) < 4.78 is 0. The Labute approximate surface area is 134 Å². The van der Waals surface area contributed by atoms with Gasteiger partial charge in [0.25, 0.3) is 0 Å². The summed E-state index contributed by atoms with van der Waals surface area (Å²) in [6, 6.07) is 3.77. The van der Waals surface area contributed by atoms with Gasteiger partial charge < -0.3 is 11.1 Å². The normalized spacial score (nSPS) is 21.7. The highest BCUT2D eigenvalue weighted by atomic mass is 16.1. The van der Waals surface area contributed by atoms with E-state index in [9.17, 15) is 4.79 Å². The van der Waals surface area contributed by atoms with E-state index in [-0.39, 0.29) is 11.8 Å². The van der Waals surface area contributed by atoms with Crippen LogP contribution in [-0.4, -0.2) is 21.1 Å². The van der Waals surface area contributed by atoms with Crippen molar-refractivity contribution in [1.29, 1.82) is 0 Å². The molecule has 2 aromatic rings. The quantitative estimate of drug-likeness (QED) is 0.794. The Morgan fingerprint density at radius 3 is 2.78 bits per heavy atom. The molecule has 0 aromatic carbocycles. The predicted molar refractivity (Wildman–Crippen MR) is 88.2 cm³/mol. The highest BCUT2D eigenvalue weighted by Crippen LogP contribution is 2.41. The van der Waals surface area contributed by atoms with Crippen molar-refractivity contribution in [1.82, 2.24) is 15.2 Å². The van der Waals surface area contributed by atoms with Crippen molar-refractivity contribution in [3.05, 3.63) is 35.2 Å². The summed E-state index contributed by atoms with van der Waals surface area (Å²) >= 11 is 0. The Hall–Kier alpha value is -2.37. The molecule has 0 spiro atoms. The molecule has 1 atom stereocenters. The van der Waals surface area contributed by atoms with E-state index in [0.717, 1.165) is 11.1 Å². The molecular formula is C17H21N5O. The summed E-state index contributed by atoms with van der Waals surface area (Å²) in [4.78, 5) is 16.4. The van der Waals surface area contributed by atoms with Crippen molar-refractivity contribution in [2.75, 3.05) is 11.1 Å². The Morgan fingerprint density at radius 2 is 1.96 bits per heavy atom. The van der Waals surface area contributed by atoms with Crippen LogP contribution in [0.1, 0.15) is 67.2 Å². The van der Waals surface area contributed by atoms with Gasteiger partial charge in [0.15, 0.2) is 0 Å². The minimum absolute atomic E-state index is 0.00234. The van der Waals surface area contributed by atoms with Crippen LogP contribution in [0.4, 0.5) is 11.6 Å². The molecule has 0 radical (unpaired) electrons. The fourth-order valence-corrected chi connectivity index (χ4v) is 3.92. The van der Waals surface area contributed by atoms with Crippen LogP contribution in [-0.2, 0) is 4.79 Å². The first-order valence-electron chi connectivity index (χ1n) is 8.32. The second-order valence-electron chi connectivity index (χ2n) is 6.55. The predicted octanol–water partition coefficient (Wildman–Crippen LogP) is 2.91. The van der Waals surface area contributed by atoms with Crippen LogP contribution < -0.4 is 11.1 Å². The number of anilines is 2. The van der Waals surface area contributed by atoms with Crippen molar-refractivity contribution in [2.45, 2.75) is 50.4 Å². The number of rotatable bonds is 2. The highest BCUT2D eigenvalue weighted by Gasteiger charge is 2.32. The van der Waals surface area contributed by atoms with Gasteiger partial charge in [0, 0.05) is 35.1 Å². The Balaban J connectivity index is 1.74. The molecule has 1 fully saturated rings. The Morgan fingerprint density at radius 1 is 1.13 bits per heavy atom. The van der Waals surface area contributed by atoms with Gasteiger partial charge in [-0.05, 0) is 18.9 Å². The number of hydrogen-bond acceptors (Lipinski definition) is 4. The molecule has 0 bridgehead atoms. The van der Waals surface area contributed by atoms with Gasteiger partial charge >= 0.3 is 0 Å². The van der Waals surface area contributed by atoms with E-state index in [2.05, 4.69) is 20.5 Å². The standard InChI is InChI=1S/C17H21N5O/c18-14-7-6-11-12(8-15(23)21-17(11)20-14)13-9-19-22-16(13)10-4-2-1-3-5-10/h6-7,9-10,12H,1-5,8H2,(H,19,22)(H3,18,20,21,23). The number of hydrogen-bond donors (Lipinski definition) is 3. The highest BCUT2D eigenvalue weighted by molar-refractivity contribution is 5.94. The van der Waals surface area contributed by atoms with Gasteiger partial charge in [-0.1, -0.05) is 25.3 Å². The average Bonchev–Trinajstić information content (AvgIpc) is 3.04. The first kappa shape index (κ1) is 14.2. The maximum Gasteiger partial charge on any atom is 0.226 e. The summed E-state index contributed by atoms with van der Waals surface area (Å²) in [5.41, 5.74) is 9.12. The number of carbonyl (C=O) groups is 1. The maximum absolute atomic E-state index is 12.1. The van der Waals surface area contributed by atoms with Crippen molar-refractivity contribution in [2.24, 2.45) is 0 Å². The number of fused-ring (bicyclic) bond motifs is 1. The van der Waals surface area contributed by atoms with Gasteiger partial charge in [-0.2, -0.15) is 5.10 Å². The molecule has 0 saturated heterocycles. The molecule has 1 amide bonds. The number of pyridine rings is 1. The van der Waals surface area contributed by atoms with Crippen LogP contribution in [0.25, 0.3) is 0 Å². The van der Waals surface area contributed by atoms with Crippen LogP contribution in [0, 0.1) is 0 Å². The zero-order chi connectivity index (χ0) is 15.8. The zero-order valence-electron chi connectivity index (χ0n) is 13.0. The lowest BCUT2D eigenvalue weighted by Crippen LogP contribution is -2.25. The molecule has 6 heteroatoms. The Bertz CT molecular complexity index is 732. The van der Waals surface area contributed by atoms with E-state index in [1.165, 1.54) is 37.8 Å². The molecule has 1 aliphatic heterocycles. The lowest BCUT2D eigenvalue weighted by molar-refractivity contribution is -0.116. The van der Waals surface area contributed by atoms with Gasteiger partial charge in [-0.3, -0.25) is 9.89 Å². The van der Waals surface area contributed by atoms with E-state index in [1.807, 2.05) is 12.3 Å². The molecule has 4 rings (SSSR count). The summed E-state index contributed by atoms with van der Waals surface area (Å²) in [5.74, 6) is 1.52.